The smallest absolute Gasteiger partial charge is 0.254 e. The standard InChI is InChI=1S/C14H22N6/c1-11-8-13(20-14(17-11)15-10-16-20)19-7-5-4-6-12(19)9-18(2)3/h8,10,12H,4-7,9H2,1-3H3. The van der Waals surface area contributed by atoms with Crippen LogP contribution in [0.2, 0.25) is 0 Å². The van der Waals surface area contributed by atoms with E-state index in [4.69, 9.17) is 0 Å². The summed E-state index contributed by atoms with van der Waals surface area (Å²) in [4.78, 5) is 13.4. The highest BCUT2D eigenvalue weighted by atomic mass is 15.4. The highest BCUT2D eigenvalue weighted by Gasteiger charge is 2.25. The number of hydrogen-bond acceptors (Lipinski definition) is 5. The summed E-state index contributed by atoms with van der Waals surface area (Å²) in [6.07, 6.45) is 5.35. The lowest BCUT2D eigenvalue weighted by Gasteiger charge is -2.38. The summed E-state index contributed by atoms with van der Waals surface area (Å²) in [5, 5.41) is 4.34. The van der Waals surface area contributed by atoms with Gasteiger partial charge in [-0.05, 0) is 40.3 Å². The summed E-state index contributed by atoms with van der Waals surface area (Å²) in [6.45, 7) is 4.16. The Balaban J connectivity index is 2.00. The quantitative estimate of drug-likeness (QED) is 0.845. The van der Waals surface area contributed by atoms with Gasteiger partial charge in [0.15, 0.2) is 0 Å². The van der Waals surface area contributed by atoms with Crippen molar-refractivity contribution in [3.8, 4) is 0 Å². The third-order valence-electron chi connectivity index (χ3n) is 3.86. The van der Waals surface area contributed by atoms with Crippen LogP contribution in [0.25, 0.3) is 5.78 Å². The highest BCUT2D eigenvalue weighted by Crippen LogP contribution is 2.25. The Morgan fingerprint density at radius 1 is 1.35 bits per heavy atom. The first-order chi connectivity index (χ1) is 9.65. The molecule has 1 aliphatic rings. The van der Waals surface area contributed by atoms with E-state index in [9.17, 15) is 0 Å². The molecule has 2 aromatic rings. The Hall–Kier alpha value is -1.69. The summed E-state index contributed by atoms with van der Waals surface area (Å²) in [5.41, 5.74) is 0.995. The number of nitrogens with zero attached hydrogens (tertiary/aromatic N) is 6. The zero-order valence-corrected chi connectivity index (χ0v) is 12.5. The molecule has 3 heterocycles. The molecule has 0 bridgehead atoms. The summed E-state index contributed by atoms with van der Waals surface area (Å²) in [6, 6.07) is 2.66. The van der Waals surface area contributed by atoms with Crippen molar-refractivity contribution < 1.29 is 0 Å². The van der Waals surface area contributed by atoms with E-state index in [0.717, 1.165) is 24.6 Å². The van der Waals surface area contributed by atoms with E-state index in [1.54, 1.807) is 6.33 Å². The number of aromatic nitrogens is 4. The molecule has 0 aliphatic carbocycles. The molecule has 1 atom stereocenters. The molecule has 0 amide bonds. The van der Waals surface area contributed by atoms with Crippen LogP contribution < -0.4 is 4.90 Å². The molecule has 1 unspecified atom stereocenters. The number of fused-ring (bicyclic) bond motifs is 1. The second kappa shape index (κ2) is 5.36. The highest BCUT2D eigenvalue weighted by molar-refractivity contribution is 5.48. The van der Waals surface area contributed by atoms with Crippen LogP contribution in [0.3, 0.4) is 0 Å². The monoisotopic (exact) mass is 274 g/mol. The maximum atomic E-state index is 4.43. The first kappa shape index (κ1) is 13.3. The Kier molecular flexibility index (Phi) is 3.56. The first-order valence-corrected chi connectivity index (χ1v) is 7.24. The number of anilines is 1. The van der Waals surface area contributed by atoms with Crippen molar-refractivity contribution in [1.29, 1.82) is 0 Å². The van der Waals surface area contributed by atoms with E-state index in [1.165, 1.54) is 19.3 Å². The molecular formula is C14H22N6. The zero-order chi connectivity index (χ0) is 14.1. The molecule has 0 spiro atoms. The summed E-state index contributed by atoms with van der Waals surface area (Å²) in [5.74, 6) is 1.81. The fourth-order valence-corrected chi connectivity index (χ4v) is 3.03. The lowest BCUT2D eigenvalue weighted by Crippen LogP contribution is -2.46. The molecule has 0 radical (unpaired) electrons. The minimum atomic E-state index is 0.535. The Bertz CT molecular complexity index is 590. The van der Waals surface area contributed by atoms with Gasteiger partial charge < -0.3 is 9.80 Å². The predicted octanol–water partition coefficient (Wildman–Crippen LogP) is 1.35. The normalized spacial score (nSPS) is 20.0. The Morgan fingerprint density at radius 2 is 2.20 bits per heavy atom. The largest absolute Gasteiger partial charge is 0.352 e. The number of aryl methyl sites for hydroxylation is 1. The second-order valence-electron chi connectivity index (χ2n) is 5.83. The van der Waals surface area contributed by atoms with E-state index in [1.807, 2.05) is 11.4 Å². The van der Waals surface area contributed by atoms with Gasteiger partial charge in [0.25, 0.3) is 5.78 Å². The lowest BCUT2D eigenvalue weighted by atomic mass is 10.0. The Morgan fingerprint density at radius 3 is 3.00 bits per heavy atom. The molecule has 1 aliphatic heterocycles. The predicted molar refractivity (Wildman–Crippen MR) is 79.1 cm³/mol. The van der Waals surface area contributed by atoms with Crippen molar-refractivity contribution in [1.82, 2.24) is 24.5 Å². The van der Waals surface area contributed by atoms with Gasteiger partial charge >= 0.3 is 0 Å². The average molecular weight is 274 g/mol. The van der Waals surface area contributed by atoms with Gasteiger partial charge in [0.2, 0.25) is 0 Å². The SMILES string of the molecule is Cc1cc(N2CCCCC2CN(C)C)n2ncnc2n1. The van der Waals surface area contributed by atoms with Crippen LogP contribution in [-0.2, 0) is 0 Å². The van der Waals surface area contributed by atoms with E-state index in [2.05, 4.69) is 45.0 Å². The van der Waals surface area contributed by atoms with Crippen LogP contribution in [-0.4, -0.2) is 57.7 Å². The van der Waals surface area contributed by atoms with Gasteiger partial charge in [0.05, 0.1) is 0 Å². The van der Waals surface area contributed by atoms with Gasteiger partial charge in [-0.25, -0.2) is 4.98 Å². The Labute approximate surface area is 119 Å². The van der Waals surface area contributed by atoms with Crippen molar-refractivity contribution in [3.05, 3.63) is 18.1 Å². The minimum absolute atomic E-state index is 0.535. The zero-order valence-electron chi connectivity index (χ0n) is 12.5. The van der Waals surface area contributed by atoms with Crippen LogP contribution in [0, 0.1) is 6.92 Å². The molecule has 2 aromatic heterocycles. The molecule has 0 N–H and O–H groups in total. The number of likely N-dealkylation sites (N-methyl/N-ethyl adjacent to an activating group) is 1. The molecule has 6 heteroatoms. The van der Waals surface area contributed by atoms with Gasteiger partial charge in [0.1, 0.15) is 12.1 Å². The van der Waals surface area contributed by atoms with E-state index < -0.39 is 0 Å². The maximum absolute atomic E-state index is 4.43. The van der Waals surface area contributed by atoms with Crippen molar-refractivity contribution in [2.75, 3.05) is 32.1 Å². The van der Waals surface area contributed by atoms with Crippen LogP contribution in [0.15, 0.2) is 12.4 Å². The van der Waals surface area contributed by atoms with Gasteiger partial charge in [-0.1, -0.05) is 0 Å². The first-order valence-electron chi connectivity index (χ1n) is 7.24. The van der Waals surface area contributed by atoms with Gasteiger partial charge in [0, 0.05) is 30.9 Å². The third kappa shape index (κ3) is 2.47. The number of hydrogen-bond donors (Lipinski definition) is 0. The van der Waals surface area contributed by atoms with Gasteiger partial charge in [-0.2, -0.15) is 14.6 Å². The molecule has 108 valence electrons. The second-order valence-corrected chi connectivity index (χ2v) is 5.83. The van der Waals surface area contributed by atoms with Crippen LogP contribution in [0.5, 0.6) is 0 Å². The summed E-state index contributed by atoms with van der Waals surface area (Å²) >= 11 is 0. The average Bonchev–Trinajstić information content (AvgIpc) is 2.86. The minimum Gasteiger partial charge on any atom is -0.352 e. The van der Waals surface area contributed by atoms with Crippen LogP contribution >= 0.6 is 0 Å². The molecule has 0 aromatic carbocycles. The molecule has 1 saturated heterocycles. The van der Waals surface area contributed by atoms with Crippen molar-refractivity contribution >= 4 is 11.6 Å². The maximum Gasteiger partial charge on any atom is 0.254 e. The molecule has 3 rings (SSSR count). The summed E-state index contributed by atoms with van der Waals surface area (Å²) in [7, 11) is 4.27. The number of rotatable bonds is 3. The van der Waals surface area contributed by atoms with Gasteiger partial charge in [-0.3, -0.25) is 0 Å². The van der Waals surface area contributed by atoms with Gasteiger partial charge in [-0.15, -0.1) is 0 Å². The third-order valence-corrected chi connectivity index (χ3v) is 3.86. The fourth-order valence-electron chi connectivity index (χ4n) is 3.03. The van der Waals surface area contributed by atoms with E-state index >= 15 is 0 Å². The van der Waals surface area contributed by atoms with E-state index in [0.29, 0.717) is 11.8 Å². The molecule has 6 nitrogen and oxygen atoms in total. The lowest BCUT2D eigenvalue weighted by molar-refractivity contribution is 0.326. The fraction of sp³-hybridized carbons (Fsp3) is 0.643. The van der Waals surface area contributed by atoms with Crippen molar-refractivity contribution in [3.63, 3.8) is 0 Å². The molecule has 1 fully saturated rings. The van der Waals surface area contributed by atoms with Crippen LogP contribution in [0.1, 0.15) is 25.0 Å². The summed E-state index contributed by atoms with van der Waals surface area (Å²) < 4.78 is 1.86. The van der Waals surface area contributed by atoms with Crippen LogP contribution in [0.4, 0.5) is 5.82 Å². The topological polar surface area (TPSA) is 49.6 Å². The van der Waals surface area contributed by atoms with Crippen molar-refractivity contribution in [2.45, 2.75) is 32.2 Å². The van der Waals surface area contributed by atoms with Crippen molar-refractivity contribution in [2.24, 2.45) is 0 Å². The number of piperidine rings is 1. The van der Waals surface area contributed by atoms with E-state index in [-0.39, 0.29) is 0 Å². The molecule has 20 heavy (non-hydrogen) atoms. The molecular weight excluding hydrogens is 252 g/mol. The molecule has 0 saturated carbocycles.